The van der Waals surface area contributed by atoms with E-state index < -0.39 is 6.16 Å². The van der Waals surface area contributed by atoms with E-state index in [-0.39, 0.29) is 18.3 Å². The SMILES string of the molecule is O=C1OC2CC(O)CC2O1. The zero-order valence-corrected chi connectivity index (χ0v) is 5.32. The summed E-state index contributed by atoms with van der Waals surface area (Å²) in [6.45, 7) is 0. The van der Waals surface area contributed by atoms with Crippen LogP contribution in [0.3, 0.4) is 0 Å². The van der Waals surface area contributed by atoms with Crippen LogP contribution < -0.4 is 0 Å². The van der Waals surface area contributed by atoms with Gasteiger partial charge in [-0.25, -0.2) is 4.79 Å². The number of ether oxygens (including phenoxy) is 2. The zero-order chi connectivity index (χ0) is 7.14. The standard InChI is InChI=1S/C6H8O4/c7-3-1-4-5(2-3)10-6(8)9-4/h3-5,7H,1-2H2. The van der Waals surface area contributed by atoms with Gasteiger partial charge in [-0.1, -0.05) is 0 Å². The van der Waals surface area contributed by atoms with Gasteiger partial charge in [0.2, 0.25) is 0 Å². The third-order valence-corrected chi connectivity index (χ3v) is 1.92. The molecule has 1 aliphatic carbocycles. The van der Waals surface area contributed by atoms with Gasteiger partial charge in [0.15, 0.2) is 0 Å². The second-order valence-electron chi connectivity index (χ2n) is 2.69. The molecule has 0 amide bonds. The minimum atomic E-state index is -0.595. The molecule has 1 aliphatic heterocycles. The van der Waals surface area contributed by atoms with E-state index in [0.717, 1.165) is 0 Å². The molecule has 0 radical (unpaired) electrons. The fourth-order valence-electron chi connectivity index (χ4n) is 1.46. The van der Waals surface area contributed by atoms with Gasteiger partial charge in [0, 0.05) is 12.8 Å². The summed E-state index contributed by atoms with van der Waals surface area (Å²) in [6, 6.07) is 0. The predicted molar refractivity (Wildman–Crippen MR) is 30.4 cm³/mol. The quantitative estimate of drug-likeness (QED) is 0.488. The Labute approximate surface area is 57.7 Å². The van der Waals surface area contributed by atoms with Gasteiger partial charge in [-0.15, -0.1) is 0 Å². The molecule has 2 unspecified atom stereocenters. The maximum absolute atomic E-state index is 10.4. The van der Waals surface area contributed by atoms with E-state index >= 15 is 0 Å². The van der Waals surface area contributed by atoms with Crippen LogP contribution in [0.15, 0.2) is 0 Å². The van der Waals surface area contributed by atoms with Crippen LogP contribution in [0.25, 0.3) is 0 Å². The first-order valence-electron chi connectivity index (χ1n) is 3.31. The molecule has 4 heteroatoms. The molecule has 1 heterocycles. The molecule has 1 N–H and O–H groups in total. The van der Waals surface area contributed by atoms with Crippen molar-refractivity contribution in [3.8, 4) is 0 Å². The summed E-state index contributed by atoms with van der Waals surface area (Å²) in [5.41, 5.74) is 0. The lowest BCUT2D eigenvalue weighted by atomic mass is 10.3. The normalized spacial score (nSPS) is 44.5. The number of rotatable bonds is 0. The Kier molecular flexibility index (Phi) is 1.11. The van der Waals surface area contributed by atoms with Gasteiger partial charge in [0.05, 0.1) is 6.10 Å². The fourth-order valence-corrected chi connectivity index (χ4v) is 1.46. The Balaban J connectivity index is 2.06. The lowest BCUT2D eigenvalue weighted by molar-refractivity contribution is 0.0836. The molecule has 0 aromatic heterocycles. The monoisotopic (exact) mass is 144 g/mol. The fraction of sp³-hybridized carbons (Fsp3) is 0.833. The number of hydrogen-bond acceptors (Lipinski definition) is 4. The largest absolute Gasteiger partial charge is 0.509 e. The molecule has 2 fully saturated rings. The van der Waals surface area contributed by atoms with Crippen molar-refractivity contribution in [2.24, 2.45) is 0 Å². The van der Waals surface area contributed by atoms with Crippen LogP contribution in [0.4, 0.5) is 4.79 Å². The first-order chi connectivity index (χ1) is 4.75. The highest BCUT2D eigenvalue weighted by molar-refractivity contribution is 5.62. The second-order valence-corrected chi connectivity index (χ2v) is 2.69. The van der Waals surface area contributed by atoms with E-state index in [0.29, 0.717) is 12.8 Å². The Morgan fingerprint density at radius 3 is 2.30 bits per heavy atom. The van der Waals surface area contributed by atoms with E-state index in [1.54, 1.807) is 0 Å². The first-order valence-corrected chi connectivity index (χ1v) is 3.31. The molecule has 2 atom stereocenters. The van der Waals surface area contributed by atoms with Crippen LogP contribution in [0.1, 0.15) is 12.8 Å². The summed E-state index contributed by atoms with van der Waals surface area (Å²) < 4.78 is 9.47. The van der Waals surface area contributed by atoms with Gasteiger partial charge < -0.3 is 14.6 Å². The maximum atomic E-state index is 10.4. The number of aliphatic hydroxyl groups excluding tert-OH is 1. The third kappa shape index (κ3) is 0.759. The number of aliphatic hydroxyl groups is 1. The predicted octanol–water partition coefficient (Wildman–Crippen LogP) is 0.0451. The molecule has 0 spiro atoms. The van der Waals surface area contributed by atoms with Crippen molar-refractivity contribution in [2.75, 3.05) is 0 Å². The van der Waals surface area contributed by atoms with Crippen molar-refractivity contribution in [3.63, 3.8) is 0 Å². The molecule has 2 rings (SSSR count). The number of carbonyl (C=O) groups excluding carboxylic acids is 1. The second kappa shape index (κ2) is 1.85. The van der Waals surface area contributed by atoms with E-state index in [9.17, 15) is 4.79 Å². The van der Waals surface area contributed by atoms with Gasteiger partial charge in [0.25, 0.3) is 0 Å². The zero-order valence-electron chi connectivity index (χ0n) is 5.32. The number of hydrogen-bond donors (Lipinski definition) is 1. The van der Waals surface area contributed by atoms with Gasteiger partial charge in [-0.3, -0.25) is 0 Å². The Morgan fingerprint density at radius 2 is 1.80 bits per heavy atom. The summed E-state index contributed by atoms with van der Waals surface area (Å²) in [4.78, 5) is 10.4. The topological polar surface area (TPSA) is 55.8 Å². The molecule has 4 nitrogen and oxygen atoms in total. The average molecular weight is 144 g/mol. The van der Waals surface area contributed by atoms with Crippen LogP contribution in [0, 0.1) is 0 Å². The van der Waals surface area contributed by atoms with Crippen LogP contribution in [-0.2, 0) is 9.47 Å². The van der Waals surface area contributed by atoms with E-state index in [2.05, 4.69) is 0 Å². The van der Waals surface area contributed by atoms with Crippen LogP contribution in [-0.4, -0.2) is 29.6 Å². The van der Waals surface area contributed by atoms with Crippen molar-refractivity contribution in [1.29, 1.82) is 0 Å². The Morgan fingerprint density at radius 1 is 1.30 bits per heavy atom. The molecule has 1 saturated carbocycles. The summed E-state index contributed by atoms with van der Waals surface area (Å²) in [5, 5.41) is 9.05. The van der Waals surface area contributed by atoms with E-state index in [4.69, 9.17) is 14.6 Å². The van der Waals surface area contributed by atoms with Gasteiger partial charge >= 0.3 is 6.16 Å². The van der Waals surface area contributed by atoms with Crippen molar-refractivity contribution in [3.05, 3.63) is 0 Å². The van der Waals surface area contributed by atoms with E-state index in [1.807, 2.05) is 0 Å². The minimum absolute atomic E-state index is 0.192. The molecular weight excluding hydrogens is 136 g/mol. The van der Waals surface area contributed by atoms with Gasteiger partial charge in [-0.2, -0.15) is 0 Å². The molecule has 56 valence electrons. The third-order valence-electron chi connectivity index (χ3n) is 1.92. The highest BCUT2D eigenvalue weighted by Gasteiger charge is 2.44. The Hall–Kier alpha value is -0.770. The van der Waals surface area contributed by atoms with Crippen LogP contribution in [0.2, 0.25) is 0 Å². The molecule has 10 heavy (non-hydrogen) atoms. The van der Waals surface area contributed by atoms with Crippen LogP contribution in [0.5, 0.6) is 0 Å². The van der Waals surface area contributed by atoms with Crippen molar-refractivity contribution in [1.82, 2.24) is 0 Å². The smallest absolute Gasteiger partial charge is 0.427 e. The lowest BCUT2D eigenvalue weighted by Gasteiger charge is -1.99. The Bertz CT molecular complexity index is 151. The molecular formula is C6H8O4. The molecule has 1 saturated heterocycles. The summed E-state index contributed by atoms with van der Waals surface area (Å²) in [7, 11) is 0. The summed E-state index contributed by atoms with van der Waals surface area (Å²) in [6.07, 6.45) is -0.290. The van der Waals surface area contributed by atoms with E-state index in [1.165, 1.54) is 0 Å². The molecule has 0 bridgehead atoms. The van der Waals surface area contributed by atoms with Crippen molar-refractivity contribution in [2.45, 2.75) is 31.2 Å². The highest BCUT2D eigenvalue weighted by atomic mass is 16.8. The average Bonchev–Trinajstić information content (AvgIpc) is 2.21. The summed E-state index contributed by atoms with van der Waals surface area (Å²) >= 11 is 0. The molecule has 0 aromatic carbocycles. The lowest BCUT2D eigenvalue weighted by Crippen LogP contribution is -2.13. The maximum Gasteiger partial charge on any atom is 0.509 e. The minimum Gasteiger partial charge on any atom is -0.427 e. The summed E-state index contributed by atoms with van der Waals surface area (Å²) in [5.74, 6) is 0. The molecule has 2 aliphatic rings. The van der Waals surface area contributed by atoms with Crippen molar-refractivity contribution >= 4 is 6.16 Å². The number of fused-ring (bicyclic) bond motifs is 1. The highest BCUT2D eigenvalue weighted by Crippen LogP contribution is 2.30. The van der Waals surface area contributed by atoms with Gasteiger partial charge in [-0.05, 0) is 0 Å². The van der Waals surface area contributed by atoms with Crippen molar-refractivity contribution < 1.29 is 19.4 Å². The first kappa shape index (κ1) is 5.97. The van der Waals surface area contributed by atoms with Crippen LogP contribution >= 0.6 is 0 Å². The number of carbonyl (C=O) groups is 1. The molecule has 0 aromatic rings. The van der Waals surface area contributed by atoms with Gasteiger partial charge in [0.1, 0.15) is 12.2 Å².